The fourth-order valence-electron chi connectivity index (χ4n) is 1.96. The molecule has 22 heavy (non-hydrogen) atoms. The van der Waals surface area contributed by atoms with Crippen LogP contribution in [0.1, 0.15) is 25.7 Å². The first-order chi connectivity index (χ1) is 10.1. The highest BCUT2D eigenvalue weighted by molar-refractivity contribution is 14.0. The van der Waals surface area contributed by atoms with Crippen LogP contribution in [0.2, 0.25) is 0 Å². The van der Waals surface area contributed by atoms with E-state index in [1.165, 1.54) is 6.42 Å². The maximum atomic E-state index is 11.8. The zero-order valence-electron chi connectivity index (χ0n) is 13.4. The van der Waals surface area contributed by atoms with Crippen LogP contribution in [0.15, 0.2) is 4.99 Å². The lowest BCUT2D eigenvalue weighted by Gasteiger charge is -2.25. The first kappa shape index (κ1) is 21.9. The number of hydrogen-bond donors (Lipinski definition) is 3. The Kier molecular flexibility index (Phi) is 12.2. The third-order valence-corrected chi connectivity index (χ3v) is 4.87. The molecular formula is C13H29IN4O3S. The van der Waals surface area contributed by atoms with Crippen LogP contribution in [0.3, 0.4) is 0 Å². The number of guanidine groups is 1. The molecule has 0 spiro atoms. The van der Waals surface area contributed by atoms with Gasteiger partial charge in [0.15, 0.2) is 5.96 Å². The van der Waals surface area contributed by atoms with Crippen LogP contribution in [0.4, 0.5) is 0 Å². The average Bonchev–Trinajstić information content (AvgIpc) is 2.39. The molecule has 0 atom stereocenters. The molecule has 1 aliphatic rings. The molecule has 0 aliphatic heterocycles. The number of nitrogens with one attached hydrogen (secondary N) is 3. The smallest absolute Gasteiger partial charge is 0.213 e. The van der Waals surface area contributed by atoms with E-state index in [-0.39, 0.29) is 29.7 Å². The Morgan fingerprint density at radius 1 is 1.27 bits per heavy atom. The molecule has 0 aromatic rings. The van der Waals surface area contributed by atoms with E-state index in [9.17, 15) is 8.42 Å². The predicted octanol–water partition coefficient (Wildman–Crippen LogP) is 0.525. The predicted molar refractivity (Wildman–Crippen MR) is 100 cm³/mol. The molecule has 1 aliphatic carbocycles. The molecule has 7 nitrogen and oxygen atoms in total. The van der Waals surface area contributed by atoms with Crippen LogP contribution in [0.25, 0.3) is 0 Å². The molecule has 0 radical (unpaired) electrons. The van der Waals surface area contributed by atoms with Gasteiger partial charge in [-0.25, -0.2) is 13.1 Å². The Labute approximate surface area is 151 Å². The topological polar surface area (TPSA) is 91.8 Å². The van der Waals surface area contributed by atoms with Crippen LogP contribution in [0.5, 0.6) is 0 Å². The monoisotopic (exact) mass is 448 g/mol. The lowest BCUT2D eigenvalue weighted by atomic mass is 9.86. The summed E-state index contributed by atoms with van der Waals surface area (Å²) in [5, 5.41) is 6.10. The number of rotatable bonds is 10. The summed E-state index contributed by atoms with van der Waals surface area (Å²) < 4.78 is 31.3. The number of aliphatic imine (C=N–C) groups is 1. The van der Waals surface area contributed by atoms with E-state index in [4.69, 9.17) is 4.74 Å². The third-order valence-electron chi connectivity index (χ3n) is 3.52. The van der Waals surface area contributed by atoms with Gasteiger partial charge < -0.3 is 15.4 Å². The largest absolute Gasteiger partial charge is 0.385 e. The third kappa shape index (κ3) is 9.80. The van der Waals surface area contributed by atoms with Gasteiger partial charge >= 0.3 is 0 Å². The van der Waals surface area contributed by atoms with Crippen LogP contribution >= 0.6 is 24.0 Å². The Morgan fingerprint density at radius 2 is 1.95 bits per heavy atom. The number of halogens is 1. The summed E-state index contributed by atoms with van der Waals surface area (Å²) in [5.74, 6) is 1.20. The van der Waals surface area contributed by atoms with E-state index in [1.807, 2.05) is 0 Å². The molecule has 0 aromatic carbocycles. The zero-order chi connectivity index (χ0) is 15.6. The highest BCUT2D eigenvalue weighted by Gasteiger charge is 2.19. The summed E-state index contributed by atoms with van der Waals surface area (Å²) in [7, 11) is 0.122. The number of ether oxygens (including phenoxy) is 1. The number of sulfonamides is 1. The van der Waals surface area contributed by atoms with E-state index >= 15 is 0 Å². The van der Waals surface area contributed by atoms with E-state index in [0.29, 0.717) is 31.6 Å². The molecule has 0 heterocycles. The molecule has 1 saturated carbocycles. The van der Waals surface area contributed by atoms with Crippen molar-refractivity contribution in [2.45, 2.75) is 25.7 Å². The molecule has 0 amide bonds. The van der Waals surface area contributed by atoms with E-state index in [0.717, 1.165) is 25.8 Å². The van der Waals surface area contributed by atoms with Crippen molar-refractivity contribution < 1.29 is 13.2 Å². The van der Waals surface area contributed by atoms with Gasteiger partial charge in [0, 0.05) is 40.4 Å². The fourth-order valence-corrected chi connectivity index (χ4v) is 2.97. The zero-order valence-corrected chi connectivity index (χ0v) is 16.6. The number of nitrogens with zero attached hydrogens (tertiary/aromatic N) is 1. The standard InChI is InChI=1S/C13H28N4O3S.HI/c1-14-13(15-7-4-9-20-2)16-8-10-21(18,19)17-11-12-5-3-6-12;/h12,17H,3-11H2,1-2H3,(H2,14,15,16);1H. The van der Waals surface area contributed by atoms with Crippen molar-refractivity contribution in [1.82, 2.24) is 15.4 Å². The molecular weight excluding hydrogens is 419 g/mol. The van der Waals surface area contributed by atoms with Crippen LogP contribution < -0.4 is 15.4 Å². The van der Waals surface area contributed by atoms with Crippen molar-refractivity contribution in [2.24, 2.45) is 10.9 Å². The van der Waals surface area contributed by atoms with Gasteiger partial charge in [0.25, 0.3) is 0 Å². The van der Waals surface area contributed by atoms with Gasteiger partial charge in [-0.2, -0.15) is 0 Å². The normalized spacial score (nSPS) is 15.8. The van der Waals surface area contributed by atoms with Crippen molar-refractivity contribution in [3.63, 3.8) is 0 Å². The summed E-state index contributed by atoms with van der Waals surface area (Å²) in [4.78, 5) is 4.04. The van der Waals surface area contributed by atoms with Gasteiger partial charge in [-0.05, 0) is 25.2 Å². The number of hydrogen-bond acceptors (Lipinski definition) is 4. The summed E-state index contributed by atoms with van der Waals surface area (Å²) in [6, 6.07) is 0. The second-order valence-electron chi connectivity index (χ2n) is 5.24. The summed E-state index contributed by atoms with van der Waals surface area (Å²) in [6.07, 6.45) is 4.37. The second-order valence-corrected chi connectivity index (χ2v) is 7.16. The number of methoxy groups -OCH3 is 1. The highest BCUT2D eigenvalue weighted by atomic mass is 127. The summed E-state index contributed by atoms with van der Waals surface area (Å²) in [5.41, 5.74) is 0. The minimum Gasteiger partial charge on any atom is -0.385 e. The molecule has 0 bridgehead atoms. The molecule has 0 aromatic heterocycles. The Bertz CT molecular complexity index is 414. The SMILES string of the molecule is CN=C(NCCCOC)NCCS(=O)(=O)NCC1CCC1.I. The highest BCUT2D eigenvalue weighted by Crippen LogP contribution is 2.25. The van der Waals surface area contributed by atoms with Crippen molar-refractivity contribution in [1.29, 1.82) is 0 Å². The molecule has 132 valence electrons. The van der Waals surface area contributed by atoms with Gasteiger partial charge in [0.05, 0.1) is 5.75 Å². The van der Waals surface area contributed by atoms with E-state index in [2.05, 4.69) is 20.3 Å². The Morgan fingerprint density at radius 3 is 2.50 bits per heavy atom. The summed E-state index contributed by atoms with van der Waals surface area (Å²) in [6.45, 7) is 2.33. The minimum absolute atomic E-state index is 0. The Hall–Kier alpha value is -0.130. The minimum atomic E-state index is -3.20. The van der Waals surface area contributed by atoms with Crippen LogP contribution in [-0.2, 0) is 14.8 Å². The molecule has 1 rings (SSSR count). The Balaban J connectivity index is 0.00000441. The summed E-state index contributed by atoms with van der Waals surface area (Å²) >= 11 is 0. The van der Waals surface area contributed by atoms with Gasteiger partial charge in [-0.3, -0.25) is 4.99 Å². The first-order valence-electron chi connectivity index (χ1n) is 7.48. The molecule has 0 saturated heterocycles. The molecule has 9 heteroatoms. The van der Waals surface area contributed by atoms with Gasteiger partial charge in [-0.15, -0.1) is 24.0 Å². The lowest BCUT2D eigenvalue weighted by molar-refractivity contribution is 0.195. The van der Waals surface area contributed by atoms with Gasteiger partial charge in [-0.1, -0.05) is 6.42 Å². The lowest BCUT2D eigenvalue weighted by Crippen LogP contribution is -2.42. The fraction of sp³-hybridized carbons (Fsp3) is 0.923. The van der Waals surface area contributed by atoms with Crippen LogP contribution in [0, 0.1) is 5.92 Å². The van der Waals surface area contributed by atoms with E-state index < -0.39 is 10.0 Å². The van der Waals surface area contributed by atoms with Gasteiger partial charge in [0.1, 0.15) is 0 Å². The van der Waals surface area contributed by atoms with Crippen LogP contribution in [-0.4, -0.2) is 60.5 Å². The quantitative estimate of drug-likeness (QED) is 0.196. The first-order valence-corrected chi connectivity index (χ1v) is 9.13. The molecule has 3 N–H and O–H groups in total. The van der Waals surface area contributed by atoms with Crippen molar-refractivity contribution in [3.8, 4) is 0 Å². The average molecular weight is 448 g/mol. The van der Waals surface area contributed by atoms with Crippen molar-refractivity contribution >= 4 is 40.0 Å². The molecule has 1 fully saturated rings. The maximum absolute atomic E-state index is 11.8. The molecule has 0 unspecified atom stereocenters. The van der Waals surface area contributed by atoms with Crippen molar-refractivity contribution in [2.75, 3.05) is 46.2 Å². The van der Waals surface area contributed by atoms with E-state index in [1.54, 1.807) is 14.2 Å². The van der Waals surface area contributed by atoms with Crippen molar-refractivity contribution in [3.05, 3.63) is 0 Å². The second kappa shape index (κ2) is 12.3. The van der Waals surface area contributed by atoms with Gasteiger partial charge in [0.2, 0.25) is 10.0 Å². The maximum Gasteiger partial charge on any atom is 0.213 e.